The molecule has 0 aliphatic rings. The Bertz CT molecular complexity index is 470. The molecule has 0 radical (unpaired) electrons. The van der Waals surface area contributed by atoms with Crippen LogP contribution in [-0.2, 0) is 4.79 Å². The van der Waals surface area contributed by atoms with Gasteiger partial charge in [-0.3, -0.25) is 4.79 Å². The molecule has 0 saturated heterocycles. The van der Waals surface area contributed by atoms with Crippen molar-refractivity contribution in [2.75, 3.05) is 0 Å². The lowest BCUT2D eigenvalue weighted by molar-refractivity contribution is -0.119. The van der Waals surface area contributed by atoms with E-state index in [1.807, 2.05) is 42.0 Å². The monoisotopic (exact) mass is 187 g/mol. The normalized spacial score (nSPS) is 13.0. The molecule has 1 heterocycles. The van der Waals surface area contributed by atoms with Crippen LogP contribution in [0, 0.1) is 0 Å². The zero-order valence-corrected chi connectivity index (χ0v) is 8.40. The van der Waals surface area contributed by atoms with Crippen molar-refractivity contribution in [1.82, 2.24) is 4.57 Å². The van der Waals surface area contributed by atoms with Gasteiger partial charge in [0.1, 0.15) is 0 Å². The Morgan fingerprint density at radius 3 is 2.71 bits per heavy atom. The van der Waals surface area contributed by atoms with Crippen LogP contribution in [0.4, 0.5) is 0 Å². The number of rotatable bonds is 2. The molecular formula is C12H13NO. The summed E-state index contributed by atoms with van der Waals surface area (Å²) in [6, 6.07) is 10.0. The molecule has 0 saturated carbocycles. The predicted molar refractivity (Wildman–Crippen MR) is 57.3 cm³/mol. The molecule has 1 aromatic heterocycles. The third-order valence-corrected chi connectivity index (χ3v) is 2.64. The summed E-state index contributed by atoms with van der Waals surface area (Å²) in [4.78, 5) is 11.3. The summed E-state index contributed by atoms with van der Waals surface area (Å²) >= 11 is 0. The van der Waals surface area contributed by atoms with Gasteiger partial charge in [-0.15, -0.1) is 0 Å². The average Bonchev–Trinajstić information content (AvgIpc) is 2.60. The van der Waals surface area contributed by atoms with E-state index in [1.54, 1.807) is 6.92 Å². The van der Waals surface area contributed by atoms with Crippen LogP contribution in [0.25, 0.3) is 10.9 Å². The van der Waals surface area contributed by atoms with Crippen molar-refractivity contribution >= 4 is 16.7 Å². The fraction of sp³-hybridized carbons (Fsp3) is 0.250. The van der Waals surface area contributed by atoms with Crippen molar-refractivity contribution in [2.24, 2.45) is 0 Å². The topological polar surface area (TPSA) is 22.0 Å². The number of benzene rings is 1. The minimum atomic E-state index is -0.0742. The quantitative estimate of drug-likeness (QED) is 0.708. The molecule has 2 aromatic rings. The van der Waals surface area contributed by atoms with E-state index >= 15 is 0 Å². The van der Waals surface area contributed by atoms with Crippen LogP contribution in [0.15, 0.2) is 36.5 Å². The highest BCUT2D eigenvalue weighted by atomic mass is 16.1. The van der Waals surface area contributed by atoms with Gasteiger partial charge in [0.25, 0.3) is 0 Å². The van der Waals surface area contributed by atoms with Crippen molar-refractivity contribution < 1.29 is 4.79 Å². The van der Waals surface area contributed by atoms with E-state index in [1.165, 1.54) is 5.39 Å². The zero-order valence-electron chi connectivity index (χ0n) is 8.40. The highest BCUT2D eigenvalue weighted by molar-refractivity contribution is 5.85. The van der Waals surface area contributed by atoms with Crippen molar-refractivity contribution in [1.29, 1.82) is 0 Å². The van der Waals surface area contributed by atoms with Crippen LogP contribution in [0.1, 0.15) is 19.9 Å². The summed E-state index contributed by atoms with van der Waals surface area (Å²) in [6.45, 7) is 3.55. The van der Waals surface area contributed by atoms with Gasteiger partial charge < -0.3 is 4.57 Å². The summed E-state index contributed by atoms with van der Waals surface area (Å²) < 4.78 is 2.01. The fourth-order valence-electron chi connectivity index (χ4n) is 1.64. The van der Waals surface area contributed by atoms with Gasteiger partial charge in [0.15, 0.2) is 5.78 Å². The van der Waals surface area contributed by atoms with Gasteiger partial charge in [-0.25, -0.2) is 0 Å². The summed E-state index contributed by atoms with van der Waals surface area (Å²) in [5, 5.41) is 1.18. The third-order valence-electron chi connectivity index (χ3n) is 2.64. The number of Topliss-reactive ketones (excluding diaryl/α,β-unsaturated/α-hetero) is 1. The number of carbonyl (C=O) groups is 1. The van der Waals surface area contributed by atoms with Crippen LogP contribution in [-0.4, -0.2) is 10.4 Å². The van der Waals surface area contributed by atoms with Crippen LogP contribution in [0.5, 0.6) is 0 Å². The molecule has 0 aliphatic carbocycles. The van der Waals surface area contributed by atoms with Gasteiger partial charge in [-0.2, -0.15) is 0 Å². The van der Waals surface area contributed by atoms with Gasteiger partial charge in [0.05, 0.1) is 6.04 Å². The molecule has 2 rings (SSSR count). The minimum absolute atomic E-state index is 0.0742. The maximum absolute atomic E-state index is 11.3. The van der Waals surface area contributed by atoms with Gasteiger partial charge in [0, 0.05) is 11.7 Å². The smallest absolute Gasteiger partial charge is 0.152 e. The van der Waals surface area contributed by atoms with Gasteiger partial charge in [-0.1, -0.05) is 18.2 Å². The van der Waals surface area contributed by atoms with E-state index in [0.29, 0.717) is 0 Å². The summed E-state index contributed by atoms with van der Waals surface area (Å²) in [5.74, 6) is 0.186. The molecule has 0 fully saturated rings. The number of ketones is 1. The molecule has 0 bridgehead atoms. The van der Waals surface area contributed by atoms with Crippen molar-refractivity contribution in [3.63, 3.8) is 0 Å². The van der Waals surface area contributed by atoms with Crippen LogP contribution < -0.4 is 0 Å². The van der Waals surface area contributed by atoms with Crippen LogP contribution in [0.3, 0.4) is 0 Å². The van der Waals surface area contributed by atoms with Crippen LogP contribution in [0.2, 0.25) is 0 Å². The Hall–Kier alpha value is -1.57. The Kier molecular flexibility index (Phi) is 2.12. The van der Waals surface area contributed by atoms with Gasteiger partial charge in [0.2, 0.25) is 0 Å². The molecule has 1 aromatic carbocycles. The van der Waals surface area contributed by atoms with E-state index in [0.717, 1.165) is 5.52 Å². The highest BCUT2D eigenvalue weighted by Crippen LogP contribution is 2.19. The van der Waals surface area contributed by atoms with E-state index in [-0.39, 0.29) is 11.8 Å². The van der Waals surface area contributed by atoms with E-state index in [4.69, 9.17) is 0 Å². The third kappa shape index (κ3) is 1.33. The molecule has 0 aliphatic heterocycles. The Balaban J connectivity index is 2.58. The second-order valence-electron chi connectivity index (χ2n) is 3.57. The number of nitrogens with zero attached hydrogens (tertiary/aromatic N) is 1. The Labute approximate surface area is 83.2 Å². The van der Waals surface area contributed by atoms with Gasteiger partial charge >= 0.3 is 0 Å². The second kappa shape index (κ2) is 3.29. The average molecular weight is 187 g/mol. The van der Waals surface area contributed by atoms with E-state index in [2.05, 4.69) is 6.07 Å². The maximum atomic E-state index is 11.3. The molecule has 1 atom stereocenters. The lowest BCUT2D eigenvalue weighted by Crippen LogP contribution is -2.11. The van der Waals surface area contributed by atoms with Crippen LogP contribution >= 0.6 is 0 Å². The first-order valence-corrected chi connectivity index (χ1v) is 4.76. The molecule has 72 valence electrons. The minimum Gasteiger partial charge on any atom is -0.337 e. The number of hydrogen-bond acceptors (Lipinski definition) is 1. The Morgan fingerprint density at radius 1 is 1.29 bits per heavy atom. The highest BCUT2D eigenvalue weighted by Gasteiger charge is 2.11. The molecular weight excluding hydrogens is 174 g/mol. The summed E-state index contributed by atoms with van der Waals surface area (Å²) in [7, 11) is 0. The van der Waals surface area contributed by atoms with E-state index in [9.17, 15) is 4.79 Å². The lowest BCUT2D eigenvalue weighted by Gasteiger charge is -2.11. The number of carbonyl (C=O) groups excluding carboxylic acids is 1. The molecule has 0 amide bonds. The second-order valence-corrected chi connectivity index (χ2v) is 3.57. The molecule has 0 N–H and O–H groups in total. The summed E-state index contributed by atoms with van der Waals surface area (Å²) in [5.41, 5.74) is 1.12. The molecule has 1 unspecified atom stereocenters. The SMILES string of the molecule is CC(=O)C(C)n1ccc2ccccc21. The first-order valence-electron chi connectivity index (χ1n) is 4.76. The first kappa shape index (κ1) is 9.00. The van der Waals surface area contributed by atoms with Crippen molar-refractivity contribution in [2.45, 2.75) is 19.9 Å². The zero-order chi connectivity index (χ0) is 10.1. The van der Waals surface area contributed by atoms with Crippen molar-refractivity contribution in [3.8, 4) is 0 Å². The number of para-hydroxylation sites is 1. The summed E-state index contributed by atoms with van der Waals surface area (Å²) in [6.07, 6.45) is 1.97. The first-order chi connectivity index (χ1) is 6.70. The standard InChI is InChI=1S/C12H13NO/c1-9(10(2)14)13-8-7-11-5-3-4-6-12(11)13/h3-9H,1-2H3. The molecule has 14 heavy (non-hydrogen) atoms. The molecule has 2 nitrogen and oxygen atoms in total. The number of fused-ring (bicyclic) bond motifs is 1. The maximum Gasteiger partial charge on any atom is 0.152 e. The largest absolute Gasteiger partial charge is 0.337 e. The number of hydrogen-bond donors (Lipinski definition) is 0. The van der Waals surface area contributed by atoms with Gasteiger partial charge in [-0.05, 0) is 31.4 Å². The number of aromatic nitrogens is 1. The van der Waals surface area contributed by atoms with Crippen molar-refractivity contribution in [3.05, 3.63) is 36.5 Å². The lowest BCUT2D eigenvalue weighted by atomic mass is 10.2. The fourth-order valence-corrected chi connectivity index (χ4v) is 1.64. The Morgan fingerprint density at radius 2 is 2.00 bits per heavy atom. The molecule has 0 spiro atoms. The predicted octanol–water partition coefficient (Wildman–Crippen LogP) is 2.79. The van der Waals surface area contributed by atoms with E-state index < -0.39 is 0 Å². The molecule has 2 heteroatoms.